The highest BCUT2D eigenvalue weighted by Gasteiger charge is 2.11. The van der Waals surface area contributed by atoms with Gasteiger partial charge in [0.05, 0.1) is 23.1 Å². The average molecular weight is 394 g/mol. The first kappa shape index (κ1) is 20.1. The second-order valence-corrected chi connectivity index (χ2v) is 6.41. The molecule has 1 aromatic carbocycles. The van der Waals surface area contributed by atoms with Gasteiger partial charge in [0.25, 0.3) is 5.91 Å². The maximum absolute atomic E-state index is 12.2. The first-order valence-corrected chi connectivity index (χ1v) is 9.15. The van der Waals surface area contributed by atoms with Gasteiger partial charge in [-0.1, -0.05) is 5.16 Å². The molecule has 2 N–H and O–H groups in total. The molecule has 0 saturated heterocycles. The molecule has 0 radical (unpaired) electrons. The molecule has 0 spiro atoms. The largest absolute Gasteiger partial charge is 0.489 e. The average Bonchev–Trinajstić information content (AvgIpc) is 3.05. The number of carbonyl (C=O) groups is 2. The van der Waals surface area contributed by atoms with Crippen molar-refractivity contribution in [3.8, 4) is 5.75 Å². The SMILES string of the molecule is Cc1noc(C)c1COc1ccc(C(=O)NCCC(=O)Nc2cccnc2)cc1. The van der Waals surface area contributed by atoms with E-state index in [1.807, 2.05) is 13.8 Å². The Morgan fingerprint density at radius 2 is 1.93 bits per heavy atom. The van der Waals surface area contributed by atoms with Crippen molar-refractivity contribution in [2.45, 2.75) is 26.9 Å². The number of pyridine rings is 1. The maximum Gasteiger partial charge on any atom is 0.251 e. The van der Waals surface area contributed by atoms with E-state index in [4.69, 9.17) is 9.26 Å². The van der Waals surface area contributed by atoms with Crippen LogP contribution >= 0.6 is 0 Å². The zero-order valence-corrected chi connectivity index (χ0v) is 16.3. The fourth-order valence-corrected chi connectivity index (χ4v) is 2.62. The Labute approximate surface area is 168 Å². The summed E-state index contributed by atoms with van der Waals surface area (Å²) < 4.78 is 10.8. The third-order valence-corrected chi connectivity index (χ3v) is 4.26. The monoisotopic (exact) mass is 394 g/mol. The van der Waals surface area contributed by atoms with Crippen LogP contribution in [0.4, 0.5) is 5.69 Å². The molecule has 8 heteroatoms. The summed E-state index contributed by atoms with van der Waals surface area (Å²) in [4.78, 5) is 28.0. The highest BCUT2D eigenvalue weighted by atomic mass is 16.5. The molecule has 2 heterocycles. The molecule has 3 aromatic rings. The lowest BCUT2D eigenvalue weighted by molar-refractivity contribution is -0.116. The third-order valence-electron chi connectivity index (χ3n) is 4.26. The Morgan fingerprint density at radius 3 is 2.59 bits per heavy atom. The van der Waals surface area contributed by atoms with Crippen molar-refractivity contribution in [1.82, 2.24) is 15.5 Å². The number of rotatable bonds is 8. The number of amides is 2. The summed E-state index contributed by atoms with van der Waals surface area (Å²) in [6.45, 7) is 4.27. The minimum atomic E-state index is -0.253. The molecule has 3 rings (SSSR count). The molecular weight excluding hydrogens is 372 g/mol. The molecule has 8 nitrogen and oxygen atoms in total. The fourth-order valence-electron chi connectivity index (χ4n) is 2.62. The van der Waals surface area contributed by atoms with E-state index in [0.29, 0.717) is 23.6 Å². The van der Waals surface area contributed by atoms with Gasteiger partial charge >= 0.3 is 0 Å². The van der Waals surface area contributed by atoms with Gasteiger partial charge in [0.2, 0.25) is 5.91 Å². The van der Waals surface area contributed by atoms with Gasteiger partial charge in [-0.15, -0.1) is 0 Å². The van der Waals surface area contributed by atoms with Crippen molar-refractivity contribution >= 4 is 17.5 Å². The van der Waals surface area contributed by atoms with E-state index in [2.05, 4.69) is 20.8 Å². The molecule has 2 aromatic heterocycles. The minimum absolute atomic E-state index is 0.166. The van der Waals surface area contributed by atoms with Crippen molar-refractivity contribution in [2.24, 2.45) is 0 Å². The number of aromatic nitrogens is 2. The van der Waals surface area contributed by atoms with Gasteiger partial charge in [0.1, 0.15) is 18.1 Å². The summed E-state index contributed by atoms with van der Waals surface area (Å²) >= 11 is 0. The van der Waals surface area contributed by atoms with Crippen LogP contribution in [-0.4, -0.2) is 28.5 Å². The standard InChI is InChI=1S/C21H22N4O4/c1-14-19(15(2)29-25-14)13-28-18-7-5-16(6-8-18)21(27)23-11-9-20(26)24-17-4-3-10-22-12-17/h3-8,10,12H,9,11,13H2,1-2H3,(H,23,27)(H,24,26). The lowest BCUT2D eigenvalue weighted by Gasteiger charge is -2.08. The van der Waals surface area contributed by atoms with E-state index in [1.54, 1.807) is 48.8 Å². The molecule has 0 aliphatic carbocycles. The van der Waals surface area contributed by atoms with Gasteiger partial charge in [-0.25, -0.2) is 0 Å². The number of ether oxygens (including phenoxy) is 1. The van der Waals surface area contributed by atoms with Crippen LogP contribution in [0.15, 0.2) is 53.3 Å². The summed E-state index contributed by atoms with van der Waals surface area (Å²) in [5.74, 6) is 0.918. The van der Waals surface area contributed by atoms with E-state index in [1.165, 1.54) is 0 Å². The molecule has 0 aliphatic heterocycles. The number of carbonyl (C=O) groups excluding carboxylic acids is 2. The van der Waals surface area contributed by atoms with Crippen molar-refractivity contribution in [3.05, 3.63) is 71.4 Å². The molecule has 29 heavy (non-hydrogen) atoms. The number of anilines is 1. The predicted octanol–water partition coefficient (Wildman–Crippen LogP) is 3.02. The second kappa shape index (κ2) is 9.50. The number of nitrogens with one attached hydrogen (secondary N) is 2. The molecule has 2 amide bonds. The van der Waals surface area contributed by atoms with Gasteiger partial charge in [0.15, 0.2) is 0 Å². The zero-order chi connectivity index (χ0) is 20.6. The first-order valence-electron chi connectivity index (χ1n) is 9.15. The maximum atomic E-state index is 12.2. The van der Waals surface area contributed by atoms with E-state index in [0.717, 1.165) is 17.0 Å². The van der Waals surface area contributed by atoms with Crippen LogP contribution in [-0.2, 0) is 11.4 Å². The summed E-state index contributed by atoms with van der Waals surface area (Å²) in [6, 6.07) is 10.3. The Bertz CT molecular complexity index is 949. The smallest absolute Gasteiger partial charge is 0.251 e. The van der Waals surface area contributed by atoms with Gasteiger partial charge < -0.3 is 19.9 Å². The van der Waals surface area contributed by atoms with Gasteiger partial charge in [0, 0.05) is 24.7 Å². The number of aryl methyl sites for hydroxylation is 2. The molecular formula is C21H22N4O4. The van der Waals surface area contributed by atoms with E-state index < -0.39 is 0 Å². The second-order valence-electron chi connectivity index (χ2n) is 6.41. The molecule has 0 atom stereocenters. The lowest BCUT2D eigenvalue weighted by atomic mass is 10.2. The van der Waals surface area contributed by atoms with Crippen LogP contribution in [0.2, 0.25) is 0 Å². The summed E-state index contributed by atoms with van der Waals surface area (Å²) in [7, 11) is 0. The molecule has 0 bridgehead atoms. The minimum Gasteiger partial charge on any atom is -0.489 e. The Balaban J connectivity index is 1.43. The summed E-state index contributed by atoms with van der Waals surface area (Å²) in [5, 5.41) is 9.33. The van der Waals surface area contributed by atoms with Crippen LogP contribution in [0, 0.1) is 13.8 Å². The predicted molar refractivity (Wildman–Crippen MR) is 107 cm³/mol. The first-order chi connectivity index (χ1) is 14.0. The van der Waals surface area contributed by atoms with Crippen molar-refractivity contribution < 1.29 is 18.8 Å². The molecule has 150 valence electrons. The van der Waals surface area contributed by atoms with Gasteiger partial charge in [-0.05, 0) is 50.2 Å². The summed E-state index contributed by atoms with van der Waals surface area (Å²) in [6.07, 6.45) is 3.36. The number of benzene rings is 1. The Morgan fingerprint density at radius 1 is 1.14 bits per heavy atom. The highest BCUT2D eigenvalue weighted by Crippen LogP contribution is 2.18. The van der Waals surface area contributed by atoms with Gasteiger partial charge in [-0.3, -0.25) is 14.6 Å². The molecule has 0 saturated carbocycles. The van der Waals surface area contributed by atoms with E-state index in [-0.39, 0.29) is 24.8 Å². The van der Waals surface area contributed by atoms with Gasteiger partial charge in [-0.2, -0.15) is 0 Å². The van der Waals surface area contributed by atoms with Crippen molar-refractivity contribution in [2.75, 3.05) is 11.9 Å². The van der Waals surface area contributed by atoms with Crippen LogP contribution in [0.3, 0.4) is 0 Å². The zero-order valence-electron chi connectivity index (χ0n) is 16.3. The van der Waals surface area contributed by atoms with Crippen LogP contribution in [0.1, 0.15) is 33.8 Å². The van der Waals surface area contributed by atoms with Crippen molar-refractivity contribution in [1.29, 1.82) is 0 Å². The quantitative estimate of drug-likeness (QED) is 0.608. The summed E-state index contributed by atoms with van der Waals surface area (Å²) in [5.41, 5.74) is 2.82. The fraction of sp³-hybridized carbons (Fsp3) is 0.238. The Hall–Kier alpha value is -3.68. The van der Waals surface area contributed by atoms with Crippen LogP contribution in [0.25, 0.3) is 0 Å². The topological polar surface area (TPSA) is 106 Å². The van der Waals surface area contributed by atoms with E-state index >= 15 is 0 Å². The van der Waals surface area contributed by atoms with Crippen molar-refractivity contribution in [3.63, 3.8) is 0 Å². The Kier molecular flexibility index (Phi) is 6.57. The molecule has 0 unspecified atom stereocenters. The number of nitrogens with zero attached hydrogens (tertiary/aromatic N) is 2. The number of hydrogen-bond acceptors (Lipinski definition) is 6. The number of hydrogen-bond donors (Lipinski definition) is 2. The van der Waals surface area contributed by atoms with Crippen LogP contribution in [0.5, 0.6) is 5.75 Å². The van der Waals surface area contributed by atoms with Crippen LogP contribution < -0.4 is 15.4 Å². The third kappa shape index (κ3) is 5.65. The lowest BCUT2D eigenvalue weighted by Crippen LogP contribution is -2.27. The molecule has 0 aliphatic rings. The van der Waals surface area contributed by atoms with E-state index in [9.17, 15) is 9.59 Å². The normalized spacial score (nSPS) is 10.4. The molecule has 0 fully saturated rings. The highest BCUT2D eigenvalue weighted by molar-refractivity contribution is 5.95.